The van der Waals surface area contributed by atoms with Crippen LogP contribution in [0.3, 0.4) is 0 Å². The molecular formula is C18H30N2O2. The predicted molar refractivity (Wildman–Crippen MR) is 90.9 cm³/mol. The molecule has 0 saturated carbocycles. The van der Waals surface area contributed by atoms with Gasteiger partial charge in [-0.1, -0.05) is 43.7 Å². The fourth-order valence-electron chi connectivity index (χ4n) is 2.56. The summed E-state index contributed by atoms with van der Waals surface area (Å²) in [6, 6.07) is 8.66. The summed E-state index contributed by atoms with van der Waals surface area (Å²) in [6.07, 6.45) is 0. The molecule has 1 aromatic carbocycles. The zero-order chi connectivity index (χ0) is 16.4. The van der Waals surface area contributed by atoms with Crippen LogP contribution < -0.4 is 0 Å². The van der Waals surface area contributed by atoms with E-state index in [0.29, 0.717) is 13.2 Å². The molecule has 4 nitrogen and oxygen atoms in total. The van der Waals surface area contributed by atoms with Crippen molar-refractivity contribution in [2.45, 2.75) is 34.2 Å². The van der Waals surface area contributed by atoms with Gasteiger partial charge in [-0.3, -0.25) is 14.6 Å². The number of hydrogen-bond acceptors (Lipinski definition) is 4. The smallest absolute Gasteiger partial charge is 0.320 e. The molecule has 0 N–H and O–H groups in total. The number of ether oxygens (including phenoxy) is 1. The van der Waals surface area contributed by atoms with E-state index in [1.54, 1.807) is 0 Å². The number of carbonyl (C=O) groups is 1. The van der Waals surface area contributed by atoms with Crippen molar-refractivity contribution >= 4 is 5.97 Å². The molecule has 0 unspecified atom stereocenters. The van der Waals surface area contributed by atoms with Gasteiger partial charge in [0.05, 0.1) is 13.2 Å². The minimum atomic E-state index is -0.111. The zero-order valence-corrected chi connectivity index (χ0v) is 14.5. The van der Waals surface area contributed by atoms with E-state index in [4.69, 9.17) is 4.74 Å². The topological polar surface area (TPSA) is 32.8 Å². The van der Waals surface area contributed by atoms with Crippen molar-refractivity contribution in [3.8, 4) is 0 Å². The number of nitrogens with zero attached hydrogens (tertiary/aromatic N) is 2. The van der Waals surface area contributed by atoms with Crippen molar-refractivity contribution in [3.63, 3.8) is 0 Å². The second-order valence-corrected chi connectivity index (χ2v) is 5.35. The van der Waals surface area contributed by atoms with Crippen LogP contribution in [0.1, 0.15) is 31.9 Å². The van der Waals surface area contributed by atoms with Gasteiger partial charge in [0, 0.05) is 32.7 Å². The van der Waals surface area contributed by atoms with Gasteiger partial charge in [0.2, 0.25) is 0 Å². The first-order valence-corrected chi connectivity index (χ1v) is 8.33. The van der Waals surface area contributed by atoms with Gasteiger partial charge in [0.15, 0.2) is 0 Å². The van der Waals surface area contributed by atoms with Crippen molar-refractivity contribution in [2.75, 3.05) is 39.3 Å². The van der Waals surface area contributed by atoms with E-state index in [0.717, 1.165) is 32.7 Å². The first kappa shape index (κ1) is 18.7. The van der Waals surface area contributed by atoms with Crippen molar-refractivity contribution in [1.29, 1.82) is 0 Å². The quantitative estimate of drug-likeness (QED) is 0.783. The van der Waals surface area contributed by atoms with Crippen LogP contribution in [0.2, 0.25) is 0 Å². The number of benzene rings is 1. The Kier molecular flexibility index (Phi) is 8.78. The van der Waals surface area contributed by atoms with E-state index in [1.165, 1.54) is 11.1 Å². The lowest BCUT2D eigenvalue weighted by Crippen LogP contribution is -2.47. The molecule has 1 fully saturated rings. The number of hydrogen-bond donors (Lipinski definition) is 0. The van der Waals surface area contributed by atoms with Gasteiger partial charge in [-0.05, 0) is 19.4 Å². The molecule has 124 valence electrons. The molecule has 0 aromatic heterocycles. The van der Waals surface area contributed by atoms with Gasteiger partial charge in [-0.25, -0.2) is 0 Å². The Hall–Kier alpha value is -1.39. The van der Waals surface area contributed by atoms with Gasteiger partial charge >= 0.3 is 5.97 Å². The van der Waals surface area contributed by atoms with E-state index < -0.39 is 0 Å². The largest absolute Gasteiger partial charge is 0.465 e. The fourth-order valence-corrected chi connectivity index (χ4v) is 2.56. The van der Waals surface area contributed by atoms with Gasteiger partial charge in [-0.2, -0.15) is 0 Å². The van der Waals surface area contributed by atoms with E-state index >= 15 is 0 Å². The summed E-state index contributed by atoms with van der Waals surface area (Å²) in [5, 5.41) is 0. The van der Waals surface area contributed by atoms with Crippen molar-refractivity contribution in [1.82, 2.24) is 9.80 Å². The molecule has 0 radical (unpaired) electrons. The molecule has 22 heavy (non-hydrogen) atoms. The molecule has 0 atom stereocenters. The Morgan fingerprint density at radius 1 is 1.14 bits per heavy atom. The van der Waals surface area contributed by atoms with Crippen molar-refractivity contribution < 1.29 is 9.53 Å². The average Bonchev–Trinajstić information content (AvgIpc) is 2.52. The number of esters is 1. The highest BCUT2D eigenvalue weighted by molar-refractivity contribution is 5.71. The Balaban J connectivity index is 0.00000116. The number of aryl methyl sites for hydroxylation is 1. The van der Waals surface area contributed by atoms with Crippen LogP contribution >= 0.6 is 0 Å². The molecule has 1 aliphatic heterocycles. The van der Waals surface area contributed by atoms with Crippen molar-refractivity contribution in [2.24, 2.45) is 0 Å². The second kappa shape index (κ2) is 10.4. The van der Waals surface area contributed by atoms with E-state index in [9.17, 15) is 4.79 Å². The second-order valence-electron chi connectivity index (χ2n) is 5.35. The Morgan fingerprint density at radius 3 is 2.36 bits per heavy atom. The SMILES string of the molecule is CC.CCOC(=O)CN1CCN(Cc2cccc(C)c2)CC1. The lowest BCUT2D eigenvalue weighted by Gasteiger charge is -2.34. The minimum absolute atomic E-state index is 0.111. The van der Waals surface area contributed by atoms with Crippen LogP contribution in [0, 0.1) is 6.92 Å². The molecule has 1 aliphatic rings. The summed E-state index contributed by atoms with van der Waals surface area (Å²) in [6.45, 7) is 13.7. The molecule has 1 heterocycles. The minimum Gasteiger partial charge on any atom is -0.465 e. The molecular weight excluding hydrogens is 276 g/mol. The van der Waals surface area contributed by atoms with E-state index in [1.807, 2.05) is 20.8 Å². The van der Waals surface area contributed by atoms with E-state index in [-0.39, 0.29) is 5.97 Å². The average molecular weight is 306 g/mol. The monoisotopic (exact) mass is 306 g/mol. The van der Waals surface area contributed by atoms with Gasteiger partial charge in [0.25, 0.3) is 0 Å². The summed E-state index contributed by atoms with van der Waals surface area (Å²) >= 11 is 0. The summed E-state index contributed by atoms with van der Waals surface area (Å²) in [4.78, 5) is 16.1. The first-order valence-electron chi connectivity index (χ1n) is 8.33. The predicted octanol–water partition coefficient (Wildman–Crippen LogP) is 2.70. The Labute approximate surface area is 135 Å². The van der Waals surface area contributed by atoms with E-state index in [2.05, 4.69) is 41.0 Å². The van der Waals surface area contributed by atoms with Crippen LogP contribution in [-0.4, -0.2) is 55.1 Å². The summed E-state index contributed by atoms with van der Waals surface area (Å²) < 4.78 is 4.99. The fraction of sp³-hybridized carbons (Fsp3) is 0.611. The molecule has 0 bridgehead atoms. The third-order valence-corrected chi connectivity index (χ3v) is 3.61. The third kappa shape index (κ3) is 6.58. The molecule has 2 rings (SSSR count). The summed E-state index contributed by atoms with van der Waals surface area (Å²) in [5.41, 5.74) is 2.67. The lowest BCUT2D eigenvalue weighted by atomic mass is 10.1. The molecule has 0 aliphatic carbocycles. The van der Waals surface area contributed by atoms with Crippen LogP contribution in [0.25, 0.3) is 0 Å². The van der Waals surface area contributed by atoms with Gasteiger partial charge < -0.3 is 4.74 Å². The third-order valence-electron chi connectivity index (χ3n) is 3.61. The molecule has 4 heteroatoms. The lowest BCUT2D eigenvalue weighted by molar-refractivity contribution is -0.144. The maximum Gasteiger partial charge on any atom is 0.320 e. The standard InChI is InChI=1S/C16H24N2O2.C2H6/c1-3-20-16(19)13-18-9-7-17(8-10-18)12-15-6-4-5-14(2)11-15;1-2/h4-6,11H,3,7-10,12-13H2,1-2H3;1-2H3. The Morgan fingerprint density at radius 2 is 1.77 bits per heavy atom. The van der Waals surface area contributed by atoms with Gasteiger partial charge in [0.1, 0.15) is 0 Å². The zero-order valence-electron chi connectivity index (χ0n) is 14.5. The highest BCUT2D eigenvalue weighted by Gasteiger charge is 2.19. The number of carbonyl (C=O) groups excluding carboxylic acids is 1. The highest BCUT2D eigenvalue weighted by Crippen LogP contribution is 2.10. The maximum atomic E-state index is 11.4. The summed E-state index contributed by atoms with van der Waals surface area (Å²) in [5.74, 6) is -0.111. The van der Waals surface area contributed by atoms with Crippen LogP contribution in [0.5, 0.6) is 0 Å². The van der Waals surface area contributed by atoms with Crippen LogP contribution in [0.4, 0.5) is 0 Å². The maximum absolute atomic E-state index is 11.4. The van der Waals surface area contributed by atoms with Crippen LogP contribution in [-0.2, 0) is 16.1 Å². The number of piperazine rings is 1. The molecule has 1 aromatic rings. The van der Waals surface area contributed by atoms with Crippen LogP contribution in [0.15, 0.2) is 24.3 Å². The molecule has 0 amide bonds. The normalized spacial score (nSPS) is 15.8. The molecule has 0 spiro atoms. The Bertz CT molecular complexity index is 440. The van der Waals surface area contributed by atoms with Gasteiger partial charge in [-0.15, -0.1) is 0 Å². The summed E-state index contributed by atoms with van der Waals surface area (Å²) in [7, 11) is 0. The highest BCUT2D eigenvalue weighted by atomic mass is 16.5. The first-order chi connectivity index (χ1) is 10.7. The molecule has 1 saturated heterocycles. The number of rotatable bonds is 5. The van der Waals surface area contributed by atoms with Crippen molar-refractivity contribution in [3.05, 3.63) is 35.4 Å².